The second kappa shape index (κ2) is 9.07. The highest BCUT2D eigenvalue weighted by Gasteiger charge is 2.28. The third-order valence-electron chi connectivity index (χ3n) is 5.68. The molecule has 0 saturated heterocycles. The lowest BCUT2D eigenvalue weighted by Gasteiger charge is -2.24. The van der Waals surface area contributed by atoms with Gasteiger partial charge in [-0.05, 0) is 43.5 Å². The number of benzene rings is 1. The molecule has 10 heteroatoms. The minimum absolute atomic E-state index is 0.0114. The van der Waals surface area contributed by atoms with Crippen molar-refractivity contribution in [3.8, 4) is 0 Å². The number of nitrogens with two attached hydrogens (primary N) is 2. The lowest BCUT2D eigenvalue weighted by atomic mass is 10.0. The molecule has 0 bridgehead atoms. The van der Waals surface area contributed by atoms with E-state index in [-0.39, 0.29) is 35.8 Å². The van der Waals surface area contributed by atoms with Gasteiger partial charge in [0.2, 0.25) is 0 Å². The molecule has 2 atom stereocenters. The number of pyridine rings is 1. The Morgan fingerprint density at radius 1 is 1.31 bits per heavy atom. The number of nitrogens with zero attached hydrogens (tertiary/aromatic N) is 3. The molecular formula is C22H27F2N7O. The van der Waals surface area contributed by atoms with Gasteiger partial charge in [-0.1, -0.05) is 12.8 Å². The van der Waals surface area contributed by atoms with E-state index in [2.05, 4.69) is 20.7 Å². The summed E-state index contributed by atoms with van der Waals surface area (Å²) in [6.45, 7) is 1.52. The largest absolute Gasteiger partial charge is 0.365 e. The fourth-order valence-corrected chi connectivity index (χ4v) is 3.73. The Bertz CT molecular complexity index is 1130. The van der Waals surface area contributed by atoms with Crippen LogP contribution in [0.3, 0.4) is 0 Å². The molecule has 1 fully saturated rings. The van der Waals surface area contributed by atoms with E-state index in [0.29, 0.717) is 11.6 Å². The van der Waals surface area contributed by atoms with Crippen LogP contribution < -0.4 is 22.1 Å². The van der Waals surface area contributed by atoms with Gasteiger partial charge in [0.15, 0.2) is 11.6 Å². The number of carbonyl (C=O) groups is 1. The molecule has 0 spiro atoms. The normalized spacial score (nSPS) is 15.5. The number of carbonyl (C=O) groups excluding carboxylic acids is 1. The summed E-state index contributed by atoms with van der Waals surface area (Å²) in [5.74, 6) is -0.740. The van der Waals surface area contributed by atoms with Crippen molar-refractivity contribution < 1.29 is 13.6 Å². The Labute approximate surface area is 184 Å². The van der Waals surface area contributed by atoms with Crippen molar-refractivity contribution in [3.05, 3.63) is 41.8 Å². The van der Waals surface area contributed by atoms with Crippen LogP contribution in [0, 0.1) is 11.7 Å². The maximum absolute atomic E-state index is 14.7. The van der Waals surface area contributed by atoms with Gasteiger partial charge < -0.3 is 22.1 Å². The first-order valence-electron chi connectivity index (χ1n) is 10.7. The molecule has 3 aromatic rings. The molecule has 1 amide bonds. The number of aryl methyl sites for hydroxylation is 1. The van der Waals surface area contributed by atoms with Gasteiger partial charge in [0.1, 0.15) is 12.5 Å². The summed E-state index contributed by atoms with van der Waals surface area (Å²) in [6, 6.07) is 6.06. The van der Waals surface area contributed by atoms with Gasteiger partial charge in [-0.15, -0.1) is 0 Å². The van der Waals surface area contributed by atoms with Gasteiger partial charge in [-0.25, -0.2) is 13.8 Å². The number of aromatic nitrogens is 3. The summed E-state index contributed by atoms with van der Waals surface area (Å²) in [5.41, 5.74) is 12.9. The minimum atomic E-state index is -0.802. The van der Waals surface area contributed by atoms with Crippen LogP contribution in [0.15, 0.2) is 30.5 Å². The molecule has 0 radical (unpaired) electrons. The highest BCUT2D eigenvalue weighted by Crippen LogP contribution is 2.35. The highest BCUT2D eigenvalue weighted by atomic mass is 19.1. The molecule has 6 N–H and O–H groups in total. The second-order valence-corrected chi connectivity index (χ2v) is 8.32. The van der Waals surface area contributed by atoms with Crippen molar-refractivity contribution in [2.24, 2.45) is 17.4 Å². The van der Waals surface area contributed by atoms with Gasteiger partial charge in [0, 0.05) is 23.2 Å². The van der Waals surface area contributed by atoms with Gasteiger partial charge >= 0.3 is 0 Å². The van der Waals surface area contributed by atoms with Crippen molar-refractivity contribution in [3.63, 3.8) is 0 Å². The standard InChI is InChI=1S/C22H27F2N7O/c1-12(25)18(8-13-2-3-13)29-22-17(24)10-16(20(26)32)21(30-22)28-15-4-5-19-14(9-15)11-27-31(19)7-6-23/h4-5,9-13,18H,2-3,6-8,25H2,1H3,(H2,26,32)(H2,28,29,30)/t12-,18+/m0/s1. The van der Waals surface area contributed by atoms with Crippen molar-refractivity contribution in [2.45, 2.75) is 44.8 Å². The SMILES string of the molecule is C[C@H](N)[C@@H](CC1CC1)Nc1nc(Nc2ccc3c(cnn3CCF)c2)c(C(N)=O)cc1F. The summed E-state index contributed by atoms with van der Waals surface area (Å²) in [4.78, 5) is 16.3. The molecule has 8 nitrogen and oxygen atoms in total. The third-order valence-corrected chi connectivity index (χ3v) is 5.68. The van der Waals surface area contributed by atoms with Crippen LogP contribution in [-0.2, 0) is 6.54 Å². The average molecular weight is 444 g/mol. The van der Waals surface area contributed by atoms with Crippen LogP contribution in [0.2, 0.25) is 0 Å². The molecule has 2 aromatic heterocycles. The summed E-state index contributed by atoms with van der Waals surface area (Å²) in [6.07, 6.45) is 4.76. The van der Waals surface area contributed by atoms with E-state index in [1.807, 2.05) is 6.92 Å². The van der Waals surface area contributed by atoms with Crippen LogP contribution in [0.5, 0.6) is 0 Å². The smallest absolute Gasteiger partial charge is 0.252 e. The Balaban J connectivity index is 1.63. The molecule has 2 heterocycles. The molecule has 32 heavy (non-hydrogen) atoms. The van der Waals surface area contributed by atoms with E-state index >= 15 is 0 Å². The number of hydrogen-bond acceptors (Lipinski definition) is 6. The zero-order valence-electron chi connectivity index (χ0n) is 17.8. The average Bonchev–Trinajstić information content (AvgIpc) is 3.48. The van der Waals surface area contributed by atoms with Crippen LogP contribution >= 0.6 is 0 Å². The van der Waals surface area contributed by atoms with Crippen molar-refractivity contribution in [1.82, 2.24) is 14.8 Å². The molecule has 170 valence electrons. The molecule has 0 unspecified atom stereocenters. The fourth-order valence-electron chi connectivity index (χ4n) is 3.73. The van der Waals surface area contributed by atoms with Crippen LogP contribution in [0.1, 0.15) is 36.5 Å². The number of nitrogens with one attached hydrogen (secondary N) is 2. The van der Waals surface area contributed by atoms with Crippen LogP contribution in [0.25, 0.3) is 10.9 Å². The fraction of sp³-hybridized carbons (Fsp3) is 0.409. The number of alkyl halides is 1. The van der Waals surface area contributed by atoms with Crippen molar-refractivity contribution in [1.29, 1.82) is 0 Å². The van der Waals surface area contributed by atoms with E-state index in [1.165, 1.54) is 0 Å². The first kappa shape index (κ1) is 21.9. The van der Waals surface area contributed by atoms with Crippen molar-refractivity contribution in [2.75, 3.05) is 17.3 Å². The Kier molecular flexibility index (Phi) is 6.22. The number of halogens is 2. The van der Waals surface area contributed by atoms with Crippen LogP contribution in [-0.4, -0.2) is 39.4 Å². The summed E-state index contributed by atoms with van der Waals surface area (Å²) in [5, 5.41) is 11.1. The van der Waals surface area contributed by atoms with Gasteiger partial charge in [0.25, 0.3) is 5.91 Å². The molecule has 1 saturated carbocycles. The van der Waals surface area contributed by atoms with E-state index in [9.17, 15) is 13.6 Å². The van der Waals surface area contributed by atoms with E-state index in [4.69, 9.17) is 11.5 Å². The van der Waals surface area contributed by atoms with Gasteiger partial charge in [-0.2, -0.15) is 5.10 Å². The van der Waals surface area contributed by atoms with Crippen LogP contribution in [0.4, 0.5) is 26.1 Å². The molecule has 0 aliphatic heterocycles. The molecule has 1 aromatic carbocycles. The zero-order chi connectivity index (χ0) is 22.8. The number of primary amides is 1. The Hall–Kier alpha value is -3.27. The highest BCUT2D eigenvalue weighted by molar-refractivity contribution is 5.99. The first-order valence-corrected chi connectivity index (χ1v) is 10.7. The number of anilines is 3. The maximum Gasteiger partial charge on any atom is 0.252 e. The summed E-state index contributed by atoms with van der Waals surface area (Å²) in [7, 11) is 0. The lowest BCUT2D eigenvalue weighted by molar-refractivity contribution is 0.100. The molecular weight excluding hydrogens is 416 g/mol. The molecule has 4 rings (SSSR count). The minimum Gasteiger partial charge on any atom is -0.365 e. The zero-order valence-corrected chi connectivity index (χ0v) is 17.8. The Morgan fingerprint density at radius 2 is 2.09 bits per heavy atom. The van der Waals surface area contributed by atoms with E-state index in [0.717, 1.165) is 36.2 Å². The summed E-state index contributed by atoms with van der Waals surface area (Å²) < 4.78 is 29.0. The predicted octanol–water partition coefficient (Wildman–Crippen LogP) is 3.31. The predicted molar refractivity (Wildman–Crippen MR) is 120 cm³/mol. The van der Waals surface area contributed by atoms with E-state index in [1.54, 1.807) is 29.1 Å². The molecule has 1 aliphatic carbocycles. The number of amides is 1. The summed E-state index contributed by atoms with van der Waals surface area (Å²) >= 11 is 0. The lowest BCUT2D eigenvalue weighted by Crippen LogP contribution is -2.39. The monoisotopic (exact) mass is 443 g/mol. The number of rotatable bonds is 10. The quantitative estimate of drug-likeness (QED) is 0.381. The Morgan fingerprint density at radius 3 is 2.75 bits per heavy atom. The van der Waals surface area contributed by atoms with E-state index < -0.39 is 18.4 Å². The number of fused-ring (bicyclic) bond motifs is 1. The second-order valence-electron chi connectivity index (χ2n) is 8.32. The first-order chi connectivity index (χ1) is 15.4. The number of hydrogen-bond donors (Lipinski definition) is 4. The maximum atomic E-state index is 14.7. The van der Waals surface area contributed by atoms with Gasteiger partial charge in [0.05, 0.1) is 23.8 Å². The topological polar surface area (TPSA) is 124 Å². The third kappa shape index (κ3) is 4.80. The van der Waals surface area contributed by atoms with Crippen molar-refractivity contribution >= 4 is 34.1 Å². The van der Waals surface area contributed by atoms with Gasteiger partial charge in [-0.3, -0.25) is 9.48 Å². The molecule has 1 aliphatic rings.